The van der Waals surface area contributed by atoms with Gasteiger partial charge in [-0.3, -0.25) is 0 Å². The van der Waals surface area contributed by atoms with Crippen molar-refractivity contribution in [3.05, 3.63) is 0 Å². The SMILES string of the molecule is CCCNC1(CO)CCCC1CCN(C)CCC(F)(F)F. The molecule has 0 aromatic carbocycles. The van der Waals surface area contributed by atoms with E-state index in [-0.39, 0.29) is 18.7 Å². The van der Waals surface area contributed by atoms with Crippen LogP contribution >= 0.6 is 0 Å². The quantitative estimate of drug-likeness (QED) is 0.687. The summed E-state index contributed by atoms with van der Waals surface area (Å²) in [6.45, 7) is 3.78. The minimum absolute atomic E-state index is 0.0464. The maximum Gasteiger partial charge on any atom is 0.390 e. The van der Waals surface area contributed by atoms with Crippen molar-refractivity contribution in [1.82, 2.24) is 10.2 Å². The van der Waals surface area contributed by atoms with E-state index in [0.29, 0.717) is 12.5 Å². The molecule has 1 saturated carbocycles. The third-order valence-corrected chi connectivity index (χ3v) is 4.60. The van der Waals surface area contributed by atoms with E-state index in [9.17, 15) is 18.3 Å². The predicted molar refractivity (Wildman–Crippen MR) is 78.2 cm³/mol. The third-order valence-electron chi connectivity index (χ3n) is 4.60. The fraction of sp³-hybridized carbons (Fsp3) is 1.00. The monoisotopic (exact) mass is 310 g/mol. The third kappa shape index (κ3) is 6.12. The summed E-state index contributed by atoms with van der Waals surface area (Å²) in [5, 5.41) is 13.2. The number of aliphatic hydroxyl groups excluding tert-OH is 1. The van der Waals surface area contributed by atoms with Crippen LogP contribution in [0.5, 0.6) is 0 Å². The first-order valence-electron chi connectivity index (χ1n) is 7.94. The lowest BCUT2D eigenvalue weighted by Gasteiger charge is -2.36. The van der Waals surface area contributed by atoms with Crippen molar-refractivity contribution in [2.75, 3.05) is 33.3 Å². The van der Waals surface area contributed by atoms with Crippen molar-refractivity contribution in [2.45, 2.75) is 57.2 Å². The summed E-state index contributed by atoms with van der Waals surface area (Å²) in [5.41, 5.74) is -0.221. The Morgan fingerprint density at radius 3 is 2.62 bits per heavy atom. The van der Waals surface area contributed by atoms with Gasteiger partial charge in [0.15, 0.2) is 0 Å². The summed E-state index contributed by atoms with van der Waals surface area (Å²) in [5.74, 6) is 0.349. The van der Waals surface area contributed by atoms with E-state index in [2.05, 4.69) is 12.2 Å². The molecule has 1 rings (SSSR count). The number of halogens is 3. The number of aliphatic hydroxyl groups is 1. The molecule has 1 aliphatic rings. The Bertz CT molecular complexity index is 299. The molecule has 0 spiro atoms. The normalized spacial score (nSPS) is 26.7. The lowest BCUT2D eigenvalue weighted by Crippen LogP contribution is -2.52. The number of nitrogens with zero attached hydrogens (tertiary/aromatic N) is 1. The van der Waals surface area contributed by atoms with Crippen LogP contribution in [-0.4, -0.2) is 55.0 Å². The highest BCUT2D eigenvalue weighted by molar-refractivity contribution is 4.99. The second-order valence-corrected chi connectivity index (χ2v) is 6.29. The number of rotatable bonds is 9. The first-order valence-corrected chi connectivity index (χ1v) is 7.94. The van der Waals surface area contributed by atoms with E-state index in [0.717, 1.165) is 38.6 Å². The van der Waals surface area contributed by atoms with Crippen molar-refractivity contribution in [3.63, 3.8) is 0 Å². The van der Waals surface area contributed by atoms with Gasteiger partial charge in [0.05, 0.1) is 13.0 Å². The number of alkyl halides is 3. The summed E-state index contributed by atoms with van der Waals surface area (Å²) in [4.78, 5) is 1.74. The van der Waals surface area contributed by atoms with E-state index in [4.69, 9.17) is 0 Å². The average molecular weight is 310 g/mol. The van der Waals surface area contributed by atoms with Gasteiger partial charge in [-0.25, -0.2) is 0 Å². The molecule has 3 nitrogen and oxygen atoms in total. The standard InChI is InChI=1S/C15H29F3N2O/c1-3-9-19-14(12-21)7-4-5-13(14)6-10-20(2)11-8-15(16,17)18/h13,19,21H,3-12H2,1-2H3. The van der Waals surface area contributed by atoms with E-state index < -0.39 is 12.6 Å². The van der Waals surface area contributed by atoms with Crippen molar-refractivity contribution in [2.24, 2.45) is 5.92 Å². The molecule has 126 valence electrons. The van der Waals surface area contributed by atoms with Gasteiger partial charge in [0.1, 0.15) is 0 Å². The van der Waals surface area contributed by atoms with Crippen LogP contribution in [0.4, 0.5) is 13.2 Å². The molecule has 0 aromatic heterocycles. The van der Waals surface area contributed by atoms with Gasteiger partial charge in [-0.05, 0) is 51.7 Å². The van der Waals surface area contributed by atoms with Gasteiger partial charge in [-0.1, -0.05) is 13.3 Å². The van der Waals surface area contributed by atoms with Crippen LogP contribution in [-0.2, 0) is 0 Å². The summed E-state index contributed by atoms with van der Waals surface area (Å²) < 4.78 is 36.6. The highest BCUT2D eigenvalue weighted by atomic mass is 19.4. The molecule has 0 aliphatic heterocycles. The van der Waals surface area contributed by atoms with Gasteiger partial charge in [0, 0.05) is 12.1 Å². The molecule has 0 amide bonds. The minimum atomic E-state index is -4.08. The molecule has 1 fully saturated rings. The van der Waals surface area contributed by atoms with Crippen LogP contribution in [0.25, 0.3) is 0 Å². The van der Waals surface area contributed by atoms with E-state index in [1.807, 2.05) is 0 Å². The number of hydrogen-bond acceptors (Lipinski definition) is 3. The Kier molecular flexibility index (Phi) is 7.44. The van der Waals surface area contributed by atoms with Crippen LogP contribution in [0.2, 0.25) is 0 Å². The average Bonchev–Trinajstić information content (AvgIpc) is 2.83. The van der Waals surface area contributed by atoms with Crippen LogP contribution in [0.1, 0.15) is 45.4 Å². The minimum Gasteiger partial charge on any atom is -0.394 e. The van der Waals surface area contributed by atoms with Crippen molar-refractivity contribution in [3.8, 4) is 0 Å². The Morgan fingerprint density at radius 2 is 2.05 bits per heavy atom. The zero-order chi connectivity index (χ0) is 15.9. The van der Waals surface area contributed by atoms with Crippen LogP contribution in [0.15, 0.2) is 0 Å². The first-order chi connectivity index (χ1) is 9.83. The zero-order valence-electron chi connectivity index (χ0n) is 13.2. The molecular formula is C15H29F3N2O. The van der Waals surface area contributed by atoms with E-state index in [1.54, 1.807) is 11.9 Å². The highest BCUT2D eigenvalue weighted by Gasteiger charge is 2.41. The Labute approximate surface area is 125 Å². The molecule has 2 unspecified atom stereocenters. The molecular weight excluding hydrogens is 281 g/mol. The van der Waals surface area contributed by atoms with Crippen LogP contribution < -0.4 is 5.32 Å². The lowest BCUT2D eigenvalue weighted by atomic mass is 9.85. The largest absolute Gasteiger partial charge is 0.394 e. The molecule has 0 aromatic rings. The van der Waals surface area contributed by atoms with E-state index >= 15 is 0 Å². The molecule has 0 radical (unpaired) electrons. The Hall–Kier alpha value is -0.330. The predicted octanol–water partition coefficient (Wildman–Crippen LogP) is 2.79. The van der Waals surface area contributed by atoms with Crippen molar-refractivity contribution in [1.29, 1.82) is 0 Å². The summed E-state index contributed by atoms with van der Waals surface area (Å²) >= 11 is 0. The molecule has 21 heavy (non-hydrogen) atoms. The van der Waals surface area contributed by atoms with Gasteiger partial charge in [-0.15, -0.1) is 0 Å². The van der Waals surface area contributed by atoms with Gasteiger partial charge in [-0.2, -0.15) is 13.2 Å². The van der Waals surface area contributed by atoms with Crippen LogP contribution in [0, 0.1) is 5.92 Å². The van der Waals surface area contributed by atoms with E-state index in [1.165, 1.54) is 0 Å². The number of hydrogen-bond donors (Lipinski definition) is 2. The topological polar surface area (TPSA) is 35.5 Å². The van der Waals surface area contributed by atoms with Gasteiger partial charge in [0.25, 0.3) is 0 Å². The fourth-order valence-corrected chi connectivity index (χ4v) is 3.24. The molecule has 0 bridgehead atoms. The van der Waals surface area contributed by atoms with Gasteiger partial charge >= 0.3 is 6.18 Å². The zero-order valence-corrected chi connectivity index (χ0v) is 13.2. The maximum absolute atomic E-state index is 12.2. The van der Waals surface area contributed by atoms with Gasteiger partial charge < -0.3 is 15.3 Å². The Morgan fingerprint density at radius 1 is 1.33 bits per heavy atom. The first kappa shape index (κ1) is 18.7. The lowest BCUT2D eigenvalue weighted by molar-refractivity contribution is -0.137. The van der Waals surface area contributed by atoms with Gasteiger partial charge in [0.2, 0.25) is 0 Å². The van der Waals surface area contributed by atoms with Crippen molar-refractivity contribution >= 4 is 0 Å². The maximum atomic E-state index is 12.2. The second kappa shape index (κ2) is 8.34. The molecule has 6 heteroatoms. The smallest absolute Gasteiger partial charge is 0.390 e. The molecule has 0 saturated heterocycles. The highest BCUT2D eigenvalue weighted by Crippen LogP contribution is 2.37. The number of nitrogens with one attached hydrogen (secondary N) is 1. The molecule has 2 N–H and O–H groups in total. The molecule has 2 atom stereocenters. The summed E-state index contributed by atoms with van der Waals surface area (Å²) in [7, 11) is 1.74. The summed E-state index contributed by atoms with van der Waals surface area (Å²) in [6, 6.07) is 0. The molecule has 1 aliphatic carbocycles. The fourth-order valence-electron chi connectivity index (χ4n) is 3.24. The second-order valence-electron chi connectivity index (χ2n) is 6.29. The van der Waals surface area contributed by atoms with Crippen LogP contribution in [0.3, 0.4) is 0 Å². The summed E-state index contributed by atoms with van der Waals surface area (Å²) in [6.07, 6.45) is 0.0944. The Balaban J connectivity index is 2.41. The molecule has 0 heterocycles. The van der Waals surface area contributed by atoms with Crippen molar-refractivity contribution < 1.29 is 18.3 Å².